The zero-order valence-electron chi connectivity index (χ0n) is 14.8. The van der Waals surface area contributed by atoms with Crippen molar-refractivity contribution in [2.45, 2.75) is 19.5 Å². The minimum Gasteiger partial charge on any atom is -0.356 e. The number of hydrogen-bond donors (Lipinski definition) is 1. The lowest BCUT2D eigenvalue weighted by atomic mass is 10.1. The Labute approximate surface area is 163 Å². The number of hydrogen-bond acceptors (Lipinski definition) is 3. The summed E-state index contributed by atoms with van der Waals surface area (Å²) in [4.78, 5) is 15.3. The van der Waals surface area contributed by atoms with E-state index in [4.69, 9.17) is 0 Å². The number of nitrogens with one attached hydrogen (secondary N) is 1. The van der Waals surface area contributed by atoms with Crippen LogP contribution < -0.4 is 5.32 Å². The van der Waals surface area contributed by atoms with Crippen LogP contribution in [-0.4, -0.2) is 17.4 Å². The second kappa shape index (κ2) is 8.10. The maximum Gasteiger partial charge on any atom is 0.416 e. The summed E-state index contributed by atoms with van der Waals surface area (Å²) >= 11 is 1.28. The van der Waals surface area contributed by atoms with Gasteiger partial charge in [0.1, 0.15) is 10.8 Å². The number of alkyl halides is 3. The Kier molecular flexibility index (Phi) is 5.79. The highest BCUT2D eigenvalue weighted by Gasteiger charge is 2.30. The summed E-state index contributed by atoms with van der Waals surface area (Å²) in [6, 6.07) is 9.52. The van der Waals surface area contributed by atoms with Crippen LogP contribution in [0.2, 0.25) is 0 Å². The molecule has 1 N–H and O–H groups in total. The Bertz CT molecular complexity index is 981. The molecule has 0 atom stereocenters. The zero-order valence-corrected chi connectivity index (χ0v) is 15.6. The van der Waals surface area contributed by atoms with E-state index in [-0.39, 0.29) is 5.91 Å². The lowest BCUT2D eigenvalue weighted by Crippen LogP contribution is -2.22. The van der Waals surface area contributed by atoms with E-state index in [1.165, 1.54) is 36.5 Å². The monoisotopic (exact) mass is 408 g/mol. The number of aromatic nitrogens is 1. The predicted molar refractivity (Wildman–Crippen MR) is 100 cm³/mol. The van der Waals surface area contributed by atoms with E-state index in [1.807, 2.05) is 0 Å². The summed E-state index contributed by atoms with van der Waals surface area (Å²) in [6.07, 6.45) is -4.01. The summed E-state index contributed by atoms with van der Waals surface area (Å²) < 4.78 is 52.3. The fraction of sp³-hybridized carbons (Fsp3) is 0.200. The molecule has 0 saturated heterocycles. The first-order valence-electron chi connectivity index (χ1n) is 8.40. The molecule has 0 aliphatic rings. The molecule has 1 heterocycles. The molecule has 0 spiro atoms. The lowest BCUT2D eigenvalue weighted by molar-refractivity contribution is -0.137. The second-order valence-corrected chi connectivity index (χ2v) is 7.01. The normalized spacial score (nSPS) is 11.5. The van der Waals surface area contributed by atoms with Gasteiger partial charge in [-0.25, -0.2) is 9.37 Å². The molecule has 3 aromatic rings. The van der Waals surface area contributed by atoms with Gasteiger partial charge in [0, 0.05) is 30.0 Å². The van der Waals surface area contributed by atoms with Gasteiger partial charge in [0.15, 0.2) is 0 Å². The smallest absolute Gasteiger partial charge is 0.356 e. The summed E-state index contributed by atoms with van der Waals surface area (Å²) in [6.45, 7) is 1.75. The maximum atomic E-state index is 14.3. The third kappa shape index (κ3) is 4.75. The van der Waals surface area contributed by atoms with Gasteiger partial charge in [-0.05, 0) is 30.2 Å². The van der Waals surface area contributed by atoms with Crippen LogP contribution in [0, 0.1) is 5.82 Å². The number of nitrogens with zero attached hydrogens (tertiary/aromatic N) is 1. The summed E-state index contributed by atoms with van der Waals surface area (Å²) in [5.41, 5.74) is 1.46. The molecule has 3 rings (SSSR count). The van der Waals surface area contributed by atoms with Crippen LogP contribution in [0.4, 0.5) is 17.6 Å². The largest absolute Gasteiger partial charge is 0.416 e. The van der Waals surface area contributed by atoms with Gasteiger partial charge in [-0.1, -0.05) is 24.3 Å². The number of benzene rings is 2. The molecule has 0 bridgehead atoms. The van der Waals surface area contributed by atoms with Crippen molar-refractivity contribution < 1.29 is 22.4 Å². The van der Waals surface area contributed by atoms with Gasteiger partial charge in [0.2, 0.25) is 5.91 Å². The van der Waals surface area contributed by atoms with Crippen molar-refractivity contribution in [3.8, 4) is 21.8 Å². The summed E-state index contributed by atoms with van der Waals surface area (Å²) in [5, 5.41) is 4.90. The van der Waals surface area contributed by atoms with E-state index in [9.17, 15) is 22.4 Å². The second-order valence-electron chi connectivity index (χ2n) is 6.15. The molecule has 2 aromatic carbocycles. The molecule has 0 saturated carbocycles. The molecular formula is C20H16F4N2OS. The first-order chi connectivity index (χ1) is 13.2. The Hall–Kier alpha value is -2.74. The third-order valence-corrected chi connectivity index (χ3v) is 4.97. The van der Waals surface area contributed by atoms with Crippen molar-refractivity contribution in [2.75, 3.05) is 6.54 Å². The standard InChI is InChI=1S/C20H16F4N2OS/c1-12(27)25-9-8-13-2-3-15(10-17(13)21)18-11-28-19(26-18)14-4-6-16(7-5-14)20(22,23)24/h2-7,10-11H,8-9H2,1H3,(H,25,27). The van der Waals surface area contributed by atoms with Crippen LogP contribution in [0.15, 0.2) is 47.8 Å². The quantitative estimate of drug-likeness (QED) is 0.581. The topological polar surface area (TPSA) is 42.0 Å². The number of thiazole rings is 1. The van der Waals surface area contributed by atoms with Gasteiger partial charge in [-0.3, -0.25) is 4.79 Å². The van der Waals surface area contributed by atoms with Crippen LogP contribution in [0.3, 0.4) is 0 Å². The average molecular weight is 408 g/mol. The molecule has 0 radical (unpaired) electrons. The number of rotatable bonds is 5. The van der Waals surface area contributed by atoms with E-state index in [1.54, 1.807) is 17.5 Å². The van der Waals surface area contributed by atoms with Crippen LogP contribution in [-0.2, 0) is 17.4 Å². The zero-order chi connectivity index (χ0) is 20.3. The molecule has 1 amide bonds. The van der Waals surface area contributed by atoms with Crippen LogP contribution >= 0.6 is 11.3 Å². The van der Waals surface area contributed by atoms with Crippen molar-refractivity contribution in [2.24, 2.45) is 0 Å². The Morgan fingerprint density at radius 1 is 1.11 bits per heavy atom. The highest BCUT2D eigenvalue weighted by Crippen LogP contribution is 2.33. The number of amides is 1. The maximum absolute atomic E-state index is 14.3. The van der Waals surface area contributed by atoms with Crippen LogP contribution in [0.1, 0.15) is 18.1 Å². The van der Waals surface area contributed by atoms with Gasteiger partial charge in [-0.15, -0.1) is 11.3 Å². The van der Waals surface area contributed by atoms with Crippen molar-refractivity contribution >= 4 is 17.2 Å². The fourth-order valence-corrected chi connectivity index (χ4v) is 3.46. The van der Waals surface area contributed by atoms with Crippen molar-refractivity contribution in [3.63, 3.8) is 0 Å². The van der Waals surface area contributed by atoms with Crippen molar-refractivity contribution in [3.05, 3.63) is 64.8 Å². The SMILES string of the molecule is CC(=O)NCCc1ccc(-c2csc(-c3ccc(C(F)(F)F)cc3)n2)cc1F. The van der Waals surface area contributed by atoms with Crippen molar-refractivity contribution in [1.82, 2.24) is 10.3 Å². The highest BCUT2D eigenvalue weighted by molar-refractivity contribution is 7.13. The minimum absolute atomic E-state index is 0.171. The fourth-order valence-electron chi connectivity index (χ4n) is 2.62. The van der Waals surface area contributed by atoms with Gasteiger partial charge < -0.3 is 5.32 Å². The molecule has 3 nitrogen and oxygen atoms in total. The first-order valence-corrected chi connectivity index (χ1v) is 9.28. The Balaban J connectivity index is 1.76. The predicted octanol–water partition coefficient (Wildman–Crippen LogP) is 5.31. The summed E-state index contributed by atoms with van der Waals surface area (Å²) in [7, 11) is 0. The Morgan fingerprint density at radius 3 is 2.39 bits per heavy atom. The third-order valence-electron chi connectivity index (χ3n) is 4.08. The number of halogens is 4. The molecule has 0 aliphatic heterocycles. The van der Waals surface area contributed by atoms with Gasteiger partial charge in [-0.2, -0.15) is 13.2 Å². The molecule has 0 unspecified atom stereocenters. The van der Waals surface area contributed by atoms with E-state index in [2.05, 4.69) is 10.3 Å². The van der Waals surface area contributed by atoms with Gasteiger partial charge >= 0.3 is 6.18 Å². The van der Waals surface area contributed by atoms with Gasteiger partial charge in [0.05, 0.1) is 11.3 Å². The molecule has 28 heavy (non-hydrogen) atoms. The Morgan fingerprint density at radius 2 is 1.79 bits per heavy atom. The van der Waals surface area contributed by atoms with Crippen molar-refractivity contribution in [1.29, 1.82) is 0 Å². The number of carbonyl (C=O) groups is 1. The molecule has 146 valence electrons. The van der Waals surface area contributed by atoms with E-state index in [0.717, 1.165) is 12.1 Å². The molecule has 0 aliphatic carbocycles. The van der Waals surface area contributed by atoms with E-state index < -0.39 is 17.6 Å². The first kappa shape index (κ1) is 20.0. The van der Waals surface area contributed by atoms with E-state index in [0.29, 0.717) is 40.4 Å². The minimum atomic E-state index is -4.38. The average Bonchev–Trinajstić information content (AvgIpc) is 3.12. The van der Waals surface area contributed by atoms with Crippen LogP contribution in [0.5, 0.6) is 0 Å². The van der Waals surface area contributed by atoms with E-state index >= 15 is 0 Å². The molecule has 8 heteroatoms. The molecule has 0 fully saturated rings. The van der Waals surface area contributed by atoms with Gasteiger partial charge in [0.25, 0.3) is 0 Å². The molecule has 1 aromatic heterocycles. The highest BCUT2D eigenvalue weighted by atomic mass is 32.1. The molecular weight excluding hydrogens is 392 g/mol. The summed E-state index contributed by atoms with van der Waals surface area (Å²) in [5.74, 6) is -0.567. The lowest BCUT2D eigenvalue weighted by Gasteiger charge is -2.06. The number of carbonyl (C=O) groups excluding carboxylic acids is 1. The van der Waals surface area contributed by atoms with Crippen LogP contribution in [0.25, 0.3) is 21.8 Å².